The highest BCUT2D eigenvalue weighted by molar-refractivity contribution is 14.0. The molecular weight excluding hydrogens is 467 g/mol. The number of aliphatic imine (C=N–C) groups is 1. The van der Waals surface area contributed by atoms with Gasteiger partial charge >= 0.3 is 0 Å². The van der Waals surface area contributed by atoms with Crippen LogP contribution in [0.5, 0.6) is 5.75 Å². The zero-order valence-corrected chi connectivity index (χ0v) is 20.1. The summed E-state index contributed by atoms with van der Waals surface area (Å²) < 4.78 is 10.6. The third-order valence-electron chi connectivity index (χ3n) is 5.07. The van der Waals surface area contributed by atoms with Gasteiger partial charge in [-0.1, -0.05) is 26.0 Å². The van der Waals surface area contributed by atoms with E-state index in [4.69, 9.17) is 9.47 Å². The van der Waals surface area contributed by atoms with E-state index in [2.05, 4.69) is 46.5 Å². The van der Waals surface area contributed by atoms with E-state index in [9.17, 15) is 0 Å². The molecule has 1 aromatic rings. The molecule has 1 aliphatic rings. The van der Waals surface area contributed by atoms with Gasteiger partial charge in [0.25, 0.3) is 0 Å². The van der Waals surface area contributed by atoms with Crippen LogP contribution in [0.15, 0.2) is 29.3 Å². The van der Waals surface area contributed by atoms with Crippen molar-refractivity contribution in [2.75, 3.05) is 60.1 Å². The second-order valence-corrected chi connectivity index (χ2v) is 7.36. The molecule has 1 fully saturated rings. The molecule has 0 saturated carbocycles. The van der Waals surface area contributed by atoms with Crippen LogP contribution in [-0.4, -0.2) is 71.0 Å². The quantitative estimate of drug-likeness (QED) is 0.308. The average molecular weight is 504 g/mol. The van der Waals surface area contributed by atoms with E-state index in [1.807, 2.05) is 19.2 Å². The standard InChI is InChI=1S/C21H36N4O2.HI/c1-17(16-25-11-13-27-14-12-25)15-24-21(22-3)23-10-9-18(2)19-5-7-20(26-4)8-6-19;/h5-8,17-18H,9-16H2,1-4H3,(H2,22,23,24);1H. The number of nitrogens with one attached hydrogen (secondary N) is 2. The summed E-state index contributed by atoms with van der Waals surface area (Å²) in [6, 6.07) is 8.33. The summed E-state index contributed by atoms with van der Waals surface area (Å²) in [6.45, 7) is 11.2. The van der Waals surface area contributed by atoms with Crippen molar-refractivity contribution < 1.29 is 9.47 Å². The highest BCUT2D eigenvalue weighted by Crippen LogP contribution is 2.21. The van der Waals surface area contributed by atoms with E-state index in [1.54, 1.807) is 7.11 Å². The number of guanidine groups is 1. The van der Waals surface area contributed by atoms with Crippen molar-refractivity contribution >= 4 is 29.9 Å². The van der Waals surface area contributed by atoms with Crippen LogP contribution in [0.2, 0.25) is 0 Å². The fourth-order valence-corrected chi connectivity index (χ4v) is 3.29. The maximum atomic E-state index is 5.41. The van der Waals surface area contributed by atoms with E-state index in [1.165, 1.54) is 5.56 Å². The highest BCUT2D eigenvalue weighted by Gasteiger charge is 2.14. The van der Waals surface area contributed by atoms with Crippen LogP contribution < -0.4 is 15.4 Å². The van der Waals surface area contributed by atoms with Crippen molar-refractivity contribution in [3.05, 3.63) is 29.8 Å². The maximum absolute atomic E-state index is 5.41. The Bertz CT molecular complexity index is 562. The molecule has 2 atom stereocenters. The van der Waals surface area contributed by atoms with Crippen molar-refractivity contribution in [1.29, 1.82) is 0 Å². The Balaban J connectivity index is 0.00000392. The molecule has 160 valence electrons. The maximum Gasteiger partial charge on any atom is 0.190 e. The molecule has 2 rings (SSSR count). The number of morpholine rings is 1. The summed E-state index contributed by atoms with van der Waals surface area (Å²) in [5.74, 6) is 2.84. The lowest BCUT2D eigenvalue weighted by molar-refractivity contribution is 0.0320. The van der Waals surface area contributed by atoms with Crippen molar-refractivity contribution in [3.63, 3.8) is 0 Å². The van der Waals surface area contributed by atoms with E-state index in [0.29, 0.717) is 11.8 Å². The van der Waals surface area contributed by atoms with Gasteiger partial charge in [0.1, 0.15) is 5.75 Å². The largest absolute Gasteiger partial charge is 0.497 e. The molecule has 1 aliphatic heterocycles. The van der Waals surface area contributed by atoms with Crippen LogP contribution >= 0.6 is 24.0 Å². The topological polar surface area (TPSA) is 58.1 Å². The smallest absolute Gasteiger partial charge is 0.190 e. The summed E-state index contributed by atoms with van der Waals surface area (Å²) in [7, 11) is 3.53. The molecule has 1 aromatic carbocycles. The molecule has 1 saturated heterocycles. The average Bonchev–Trinajstić information content (AvgIpc) is 2.71. The molecule has 28 heavy (non-hydrogen) atoms. The predicted octanol–water partition coefficient (Wildman–Crippen LogP) is 2.94. The number of hydrogen-bond acceptors (Lipinski definition) is 4. The van der Waals surface area contributed by atoms with Gasteiger partial charge in [-0.2, -0.15) is 0 Å². The van der Waals surface area contributed by atoms with Crippen LogP contribution in [0, 0.1) is 5.92 Å². The minimum absolute atomic E-state index is 0. The fourth-order valence-electron chi connectivity index (χ4n) is 3.29. The van der Waals surface area contributed by atoms with Gasteiger partial charge in [-0.15, -0.1) is 24.0 Å². The van der Waals surface area contributed by atoms with Crippen LogP contribution in [0.3, 0.4) is 0 Å². The van der Waals surface area contributed by atoms with E-state index in [0.717, 1.165) is 64.1 Å². The lowest BCUT2D eigenvalue weighted by atomic mass is 9.98. The SMILES string of the molecule is CN=C(NCCC(C)c1ccc(OC)cc1)NCC(C)CN1CCOCC1.I. The Kier molecular flexibility index (Phi) is 12.5. The Hall–Kier alpha value is -1.06. The van der Waals surface area contributed by atoms with Gasteiger partial charge in [-0.05, 0) is 36.0 Å². The number of nitrogens with zero attached hydrogens (tertiary/aromatic N) is 2. The lowest BCUT2D eigenvalue weighted by Gasteiger charge is -2.29. The van der Waals surface area contributed by atoms with E-state index >= 15 is 0 Å². The molecule has 0 amide bonds. The van der Waals surface area contributed by atoms with Crippen molar-refractivity contribution in [1.82, 2.24) is 15.5 Å². The fraction of sp³-hybridized carbons (Fsp3) is 0.667. The molecule has 6 nitrogen and oxygen atoms in total. The minimum Gasteiger partial charge on any atom is -0.497 e. The molecule has 7 heteroatoms. The zero-order chi connectivity index (χ0) is 19.5. The van der Waals surface area contributed by atoms with Gasteiger partial charge < -0.3 is 20.1 Å². The molecule has 0 bridgehead atoms. The Labute approximate surface area is 187 Å². The zero-order valence-electron chi connectivity index (χ0n) is 17.7. The van der Waals surface area contributed by atoms with Gasteiger partial charge in [0.15, 0.2) is 5.96 Å². The van der Waals surface area contributed by atoms with Crippen LogP contribution in [0.4, 0.5) is 0 Å². The van der Waals surface area contributed by atoms with Gasteiger partial charge in [-0.25, -0.2) is 0 Å². The molecule has 2 unspecified atom stereocenters. The number of halogens is 1. The van der Waals surface area contributed by atoms with Crippen molar-refractivity contribution in [2.24, 2.45) is 10.9 Å². The van der Waals surface area contributed by atoms with Crippen LogP contribution in [0.25, 0.3) is 0 Å². The van der Waals surface area contributed by atoms with Crippen LogP contribution in [-0.2, 0) is 4.74 Å². The molecular formula is C21H37IN4O2. The first-order valence-corrected chi connectivity index (χ1v) is 10.0. The summed E-state index contributed by atoms with van der Waals surface area (Å²) in [6.07, 6.45) is 1.05. The highest BCUT2D eigenvalue weighted by atomic mass is 127. The second kappa shape index (κ2) is 14.0. The monoisotopic (exact) mass is 504 g/mol. The first-order chi connectivity index (χ1) is 13.1. The normalized spacial score (nSPS) is 17.4. The second-order valence-electron chi connectivity index (χ2n) is 7.36. The molecule has 0 spiro atoms. The lowest BCUT2D eigenvalue weighted by Crippen LogP contribution is -2.44. The number of benzene rings is 1. The van der Waals surface area contributed by atoms with E-state index < -0.39 is 0 Å². The first kappa shape index (κ1) is 25.0. The van der Waals surface area contributed by atoms with Crippen molar-refractivity contribution in [2.45, 2.75) is 26.2 Å². The van der Waals surface area contributed by atoms with Gasteiger partial charge in [0, 0.05) is 39.8 Å². The number of methoxy groups -OCH3 is 1. The molecule has 2 N–H and O–H groups in total. The first-order valence-electron chi connectivity index (χ1n) is 10.0. The Morgan fingerprint density at radius 1 is 1.18 bits per heavy atom. The minimum atomic E-state index is 0. The summed E-state index contributed by atoms with van der Waals surface area (Å²) in [4.78, 5) is 6.82. The predicted molar refractivity (Wildman–Crippen MR) is 127 cm³/mol. The number of hydrogen-bond donors (Lipinski definition) is 2. The summed E-state index contributed by atoms with van der Waals surface area (Å²) in [5.41, 5.74) is 1.33. The van der Waals surface area contributed by atoms with Crippen molar-refractivity contribution in [3.8, 4) is 5.75 Å². The Morgan fingerprint density at radius 3 is 2.46 bits per heavy atom. The molecule has 0 aliphatic carbocycles. The summed E-state index contributed by atoms with van der Waals surface area (Å²) >= 11 is 0. The molecule has 0 aromatic heterocycles. The third kappa shape index (κ3) is 8.96. The number of ether oxygens (including phenoxy) is 2. The van der Waals surface area contributed by atoms with Gasteiger partial charge in [-0.3, -0.25) is 9.89 Å². The van der Waals surface area contributed by atoms with Gasteiger partial charge in [0.2, 0.25) is 0 Å². The number of rotatable bonds is 9. The molecule has 1 heterocycles. The summed E-state index contributed by atoms with van der Waals surface area (Å²) in [5, 5.41) is 6.88. The van der Waals surface area contributed by atoms with Gasteiger partial charge in [0.05, 0.1) is 20.3 Å². The van der Waals surface area contributed by atoms with E-state index in [-0.39, 0.29) is 24.0 Å². The van der Waals surface area contributed by atoms with Crippen LogP contribution in [0.1, 0.15) is 31.7 Å². The Morgan fingerprint density at radius 2 is 1.86 bits per heavy atom. The third-order valence-corrected chi connectivity index (χ3v) is 5.07. The molecule has 0 radical (unpaired) electrons.